The molecule has 3 nitrogen and oxygen atoms in total. The summed E-state index contributed by atoms with van der Waals surface area (Å²) in [6, 6.07) is 8.94. The molecule has 84 valence electrons. The first kappa shape index (κ1) is 10.6. The molecule has 0 spiro atoms. The summed E-state index contributed by atoms with van der Waals surface area (Å²) in [6.45, 7) is 0. The molecule has 0 atom stereocenters. The lowest BCUT2D eigenvalue weighted by molar-refractivity contribution is 0.619. The molecule has 0 unspecified atom stereocenters. The molecule has 2 aromatic heterocycles. The minimum absolute atomic E-state index is 0.506. The van der Waals surface area contributed by atoms with E-state index in [2.05, 4.69) is 9.97 Å². The van der Waals surface area contributed by atoms with E-state index in [0.717, 1.165) is 5.56 Å². The Hall–Kier alpha value is -1.58. The molecule has 3 aromatic rings. The topological polar surface area (TPSA) is 38.9 Å². The van der Waals surface area contributed by atoms with Gasteiger partial charge in [-0.25, -0.2) is 4.98 Å². The van der Waals surface area contributed by atoms with Gasteiger partial charge in [-0.1, -0.05) is 23.2 Å². The van der Waals surface area contributed by atoms with Gasteiger partial charge in [-0.3, -0.25) is 0 Å². The van der Waals surface area contributed by atoms with Gasteiger partial charge in [-0.05, 0) is 24.3 Å². The lowest BCUT2D eigenvalue weighted by Gasteiger charge is -1.93. The fraction of sp³-hybridized carbons (Fsp3) is 0. The average Bonchev–Trinajstić information content (AvgIpc) is 2.72. The highest BCUT2D eigenvalue weighted by atomic mass is 35.5. The minimum Gasteiger partial charge on any atom is -0.434 e. The van der Waals surface area contributed by atoms with Gasteiger partial charge in [-0.2, -0.15) is 4.98 Å². The SMILES string of the molecule is Clc1ccc(-c2nc3ncc(Cl)cc3o2)cc1. The number of rotatable bonds is 1. The highest BCUT2D eigenvalue weighted by molar-refractivity contribution is 6.31. The van der Waals surface area contributed by atoms with E-state index in [1.54, 1.807) is 18.2 Å². The van der Waals surface area contributed by atoms with Crippen molar-refractivity contribution < 1.29 is 4.42 Å². The zero-order chi connectivity index (χ0) is 11.8. The first-order valence-electron chi connectivity index (χ1n) is 4.90. The van der Waals surface area contributed by atoms with E-state index in [1.807, 2.05) is 12.1 Å². The smallest absolute Gasteiger partial charge is 0.228 e. The van der Waals surface area contributed by atoms with Crippen molar-refractivity contribution >= 4 is 34.4 Å². The minimum atomic E-state index is 0.506. The lowest BCUT2D eigenvalue weighted by Crippen LogP contribution is -1.77. The highest BCUT2D eigenvalue weighted by Gasteiger charge is 2.09. The van der Waals surface area contributed by atoms with Crippen LogP contribution in [0.25, 0.3) is 22.7 Å². The van der Waals surface area contributed by atoms with Crippen LogP contribution in [0.2, 0.25) is 10.0 Å². The Morgan fingerprint density at radius 2 is 1.76 bits per heavy atom. The van der Waals surface area contributed by atoms with Crippen LogP contribution in [0.4, 0.5) is 0 Å². The first-order valence-corrected chi connectivity index (χ1v) is 5.66. The summed E-state index contributed by atoms with van der Waals surface area (Å²) in [5, 5.41) is 1.20. The van der Waals surface area contributed by atoms with Crippen LogP contribution in [0.1, 0.15) is 0 Å². The molecule has 0 saturated carbocycles. The van der Waals surface area contributed by atoms with E-state index >= 15 is 0 Å². The fourth-order valence-electron chi connectivity index (χ4n) is 1.51. The number of nitrogens with zero attached hydrogens (tertiary/aromatic N) is 2. The predicted molar refractivity (Wildman–Crippen MR) is 67.3 cm³/mol. The lowest BCUT2D eigenvalue weighted by atomic mass is 10.2. The van der Waals surface area contributed by atoms with Crippen LogP contribution in [0, 0.1) is 0 Å². The molecule has 0 saturated heterocycles. The fourth-order valence-corrected chi connectivity index (χ4v) is 1.79. The van der Waals surface area contributed by atoms with Crippen LogP contribution >= 0.6 is 23.2 Å². The molecule has 0 fully saturated rings. The molecule has 0 aliphatic rings. The van der Waals surface area contributed by atoms with Gasteiger partial charge < -0.3 is 4.42 Å². The second kappa shape index (κ2) is 4.02. The summed E-state index contributed by atoms with van der Waals surface area (Å²) in [4.78, 5) is 8.36. The van der Waals surface area contributed by atoms with Crippen molar-refractivity contribution in [2.75, 3.05) is 0 Å². The number of hydrogen-bond donors (Lipinski definition) is 0. The molecule has 0 radical (unpaired) electrons. The summed E-state index contributed by atoms with van der Waals surface area (Å²) in [6.07, 6.45) is 1.54. The van der Waals surface area contributed by atoms with Crippen LogP contribution in [0.15, 0.2) is 40.9 Å². The summed E-state index contributed by atoms with van der Waals surface area (Å²) in [7, 11) is 0. The number of aromatic nitrogens is 2. The Morgan fingerprint density at radius 1 is 1.00 bits per heavy atom. The van der Waals surface area contributed by atoms with Crippen molar-refractivity contribution in [3.05, 3.63) is 46.6 Å². The Morgan fingerprint density at radius 3 is 2.53 bits per heavy atom. The summed E-state index contributed by atoms with van der Waals surface area (Å²) in [5.41, 5.74) is 1.96. The molecule has 2 heterocycles. The Bertz CT molecular complexity index is 677. The number of benzene rings is 1. The Kier molecular flexibility index (Phi) is 2.50. The van der Waals surface area contributed by atoms with Gasteiger partial charge in [0, 0.05) is 22.8 Å². The zero-order valence-corrected chi connectivity index (χ0v) is 10.0. The quantitative estimate of drug-likeness (QED) is 0.662. The first-order chi connectivity index (χ1) is 8.22. The van der Waals surface area contributed by atoms with Crippen molar-refractivity contribution in [3.63, 3.8) is 0 Å². The maximum absolute atomic E-state index is 5.83. The van der Waals surface area contributed by atoms with Gasteiger partial charge >= 0.3 is 0 Å². The average molecular weight is 265 g/mol. The van der Waals surface area contributed by atoms with Gasteiger partial charge in [0.15, 0.2) is 11.2 Å². The largest absolute Gasteiger partial charge is 0.434 e. The third-order valence-corrected chi connectivity index (χ3v) is 2.76. The molecule has 1 aromatic carbocycles. The maximum Gasteiger partial charge on any atom is 0.228 e. The van der Waals surface area contributed by atoms with Crippen LogP contribution in [-0.4, -0.2) is 9.97 Å². The number of pyridine rings is 1. The zero-order valence-electron chi connectivity index (χ0n) is 8.52. The second-order valence-electron chi connectivity index (χ2n) is 3.50. The van der Waals surface area contributed by atoms with Crippen molar-refractivity contribution in [3.8, 4) is 11.5 Å². The molecule has 5 heteroatoms. The standard InChI is InChI=1S/C12H6Cl2N2O/c13-8-3-1-7(2-4-8)12-16-11-10(17-12)5-9(14)6-15-11/h1-6H. The van der Waals surface area contributed by atoms with Crippen LogP contribution in [0.5, 0.6) is 0 Å². The number of hydrogen-bond acceptors (Lipinski definition) is 3. The third kappa shape index (κ3) is 1.99. The van der Waals surface area contributed by atoms with E-state index < -0.39 is 0 Å². The summed E-state index contributed by atoms with van der Waals surface area (Å²) >= 11 is 11.6. The van der Waals surface area contributed by atoms with E-state index in [9.17, 15) is 0 Å². The van der Waals surface area contributed by atoms with Gasteiger partial charge in [0.1, 0.15) is 0 Å². The molecule has 0 bridgehead atoms. The number of halogens is 2. The molecular weight excluding hydrogens is 259 g/mol. The summed E-state index contributed by atoms with van der Waals surface area (Å²) in [5.74, 6) is 0.506. The van der Waals surface area contributed by atoms with E-state index in [-0.39, 0.29) is 0 Å². The second-order valence-corrected chi connectivity index (χ2v) is 4.37. The van der Waals surface area contributed by atoms with Crippen LogP contribution in [-0.2, 0) is 0 Å². The van der Waals surface area contributed by atoms with E-state index in [0.29, 0.717) is 27.2 Å². The monoisotopic (exact) mass is 264 g/mol. The molecule has 0 aliphatic carbocycles. The van der Waals surface area contributed by atoms with Gasteiger partial charge in [0.05, 0.1) is 5.02 Å². The van der Waals surface area contributed by atoms with Gasteiger partial charge in [-0.15, -0.1) is 0 Å². The van der Waals surface area contributed by atoms with Crippen LogP contribution < -0.4 is 0 Å². The van der Waals surface area contributed by atoms with Crippen molar-refractivity contribution in [2.24, 2.45) is 0 Å². The van der Waals surface area contributed by atoms with Gasteiger partial charge in [0.25, 0.3) is 0 Å². The van der Waals surface area contributed by atoms with Gasteiger partial charge in [0.2, 0.25) is 5.89 Å². The predicted octanol–water partition coefficient (Wildman–Crippen LogP) is 4.20. The Labute approximate surface area is 107 Å². The maximum atomic E-state index is 5.83. The molecule has 0 aliphatic heterocycles. The molecule has 0 amide bonds. The molecule has 0 N–H and O–H groups in total. The molecule has 17 heavy (non-hydrogen) atoms. The highest BCUT2D eigenvalue weighted by Crippen LogP contribution is 2.25. The normalized spacial score (nSPS) is 10.9. The summed E-state index contributed by atoms with van der Waals surface area (Å²) < 4.78 is 5.57. The van der Waals surface area contributed by atoms with Crippen molar-refractivity contribution in [1.82, 2.24) is 9.97 Å². The molecule has 3 rings (SSSR count). The number of oxazole rings is 1. The van der Waals surface area contributed by atoms with Crippen LogP contribution in [0.3, 0.4) is 0 Å². The molecular formula is C12H6Cl2N2O. The third-order valence-electron chi connectivity index (χ3n) is 2.30. The van der Waals surface area contributed by atoms with E-state index in [1.165, 1.54) is 6.20 Å². The number of fused-ring (bicyclic) bond motifs is 1. The van der Waals surface area contributed by atoms with E-state index in [4.69, 9.17) is 27.6 Å². The van der Waals surface area contributed by atoms with Crippen molar-refractivity contribution in [1.29, 1.82) is 0 Å². The van der Waals surface area contributed by atoms with Crippen molar-refractivity contribution in [2.45, 2.75) is 0 Å². The Balaban J connectivity index is 2.14.